The number of benzene rings is 2. The van der Waals surface area contributed by atoms with Crippen molar-refractivity contribution in [1.29, 1.82) is 0 Å². The fourth-order valence-electron chi connectivity index (χ4n) is 2.97. The molecule has 0 spiro atoms. The third-order valence-corrected chi connectivity index (χ3v) is 4.47. The highest BCUT2D eigenvalue weighted by atomic mass is 19.4. The van der Waals surface area contributed by atoms with Gasteiger partial charge < -0.3 is 14.8 Å². The number of carbonyl (C=O) groups is 3. The average Bonchev–Trinajstić information content (AvgIpc) is 2.71. The normalized spacial score (nSPS) is 12.6. The smallest absolute Gasteiger partial charge is 0.416 e. The van der Waals surface area contributed by atoms with Crippen LogP contribution in [0.1, 0.15) is 47.8 Å². The molecule has 0 unspecified atom stereocenters. The number of hydrogen-bond acceptors (Lipinski definition) is 5. The molecule has 0 fully saturated rings. The number of methoxy groups -OCH3 is 1. The summed E-state index contributed by atoms with van der Waals surface area (Å²) in [6.07, 6.45) is -4.79. The Bertz CT molecular complexity index is 994. The van der Waals surface area contributed by atoms with Crippen molar-refractivity contribution in [3.05, 3.63) is 70.8 Å². The van der Waals surface area contributed by atoms with Gasteiger partial charge in [0.1, 0.15) is 11.6 Å². The van der Waals surface area contributed by atoms with Gasteiger partial charge in [0, 0.05) is 6.42 Å². The number of ether oxygens (including phenoxy) is 2. The van der Waals surface area contributed by atoms with E-state index in [4.69, 9.17) is 9.47 Å². The lowest BCUT2D eigenvalue weighted by Gasteiger charge is -2.20. The molecule has 0 aliphatic rings. The van der Waals surface area contributed by atoms with Crippen LogP contribution in [0.15, 0.2) is 48.5 Å². The molecule has 33 heavy (non-hydrogen) atoms. The minimum atomic E-state index is -4.52. The second-order valence-corrected chi connectivity index (χ2v) is 8.42. The Balaban J connectivity index is 2.07. The van der Waals surface area contributed by atoms with E-state index in [0.717, 1.165) is 12.1 Å². The SMILES string of the molecule is COC(=O)[C@H](Cc1ccc(C(=O)OC(C)(C)C)cc1)NC(=O)Cc1cccc(C(F)(F)F)c1. The van der Waals surface area contributed by atoms with Crippen LogP contribution in [0.25, 0.3) is 0 Å². The molecule has 0 aliphatic carbocycles. The third kappa shape index (κ3) is 8.25. The van der Waals surface area contributed by atoms with Crippen LogP contribution >= 0.6 is 0 Å². The van der Waals surface area contributed by atoms with E-state index in [-0.39, 0.29) is 18.4 Å². The molecule has 0 aromatic heterocycles. The number of carbonyl (C=O) groups excluding carboxylic acids is 3. The lowest BCUT2D eigenvalue weighted by Crippen LogP contribution is -2.43. The van der Waals surface area contributed by atoms with Gasteiger partial charge in [-0.1, -0.05) is 30.3 Å². The first kappa shape index (κ1) is 25.9. The van der Waals surface area contributed by atoms with E-state index >= 15 is 0 Å². The fraction of sp³-hybridized carbons (Fsp3) is 0.375. The predicted molar refractivity (Wildman–Crippen MR) is 114 cm³/mol. The first-order chi connectivity index (χ1) is 15.3. The van der Waals surface area contributed by atoms with Gasteiger partial charge in [-0.2, -0.15) is 13.2 Å². The zero-order valence-corrected chi connectivity index (χ0v) is 18.8. The summed E-state index contributed by atoms with van der Waals surface area (Å²) in [6.45, 7) is 5.26. The molecular formula is C24H26F3NO5. The first-order valence-electron chi connectivity index (χ1n) is 10.1. The quantitative estimate of drug-likeness (QED) is 0.623. The predicted octanol–water partition coefficient (Wildman–Crippen LogP) is 4.10. The van der Waals surface area contributed by atoms with Crippen LogP contribution < -0.4 is 5.32 Å². The maximum absolute atomic E-state index is 12.9. The Labute approximate surface area is 190 Å². The topological polar surface area (TPSA) is 81.7 Å². The number of hydrogen-bond donors (Lipinski definition) is 1. The molecule has 6 nitrogen and oxygen atoms in total. The Kier molecular flexibility index (Phi) is 8.24. The molecule has 2 aromatic carbocycles. The minimum absolute atomic E-state index is 0.0651. The molecule has 178 valence electrons. The van der Waals surface area contributed by atoms with E-state index in [9.17, 15) is 27.6 Å². The van der Waals surface area contributed by atoms with Gasteiger partial charge in [-0.05, 0) is 50.1 Å². The van der Waals surface area contributed by atoms with Crippen molar-refractivity contribution < 1.29 is 37.0 Å². The van der Waals surface area contributed by atoms with Crippen LogP contribution in [-0.2, 0) is 38.1 Å². The van der Waals surface area contributed by atoms with Gasteiger partial charge in [-0.25, -0.2) is 9.59 Å². The summed E-state index contributed by atoms with van der Waals surface area (Å²) in [4.78, 5) is 36.7. The van der Waals surface area contributed by atoms with Crippen molar-refractivity contribution in [2.24, 2.45) is 0 Å². The van der Waals surface area contributed by atoms with Crippen molar-refractivity contribution in [2.75, 3.05) is 7.11 Å². The summed E-state index contributed by atoms with van der Waals surface area (Å²) >= 11 is 0. The van der Waals surface area contributed by atoms with Crippen LogP contribution in [-0.4, -0.2) is 36.6 Å². The molecule has 0 saturated heterocycles. The van der Waals surface area contributed by atoms with E-state index in [1.165, 1.54) is 19.2 Å². The first-order valence-corrected chi connectivity index (χ1v) is 10.1. The van der Waals surface area contributed by atoms with Gasteiger partial charge in [0.25, 0.3) is 0 Å². The summed E-state index contributed by atoms with van der Waals surface area (Å²) < 4.78 is 48.7. The standard InChI is InChI=1S/C24H26F3NO5/c1-23(2,3)33-21(30)17-10-8-15(9-11-17)13-19(22(31)32-4)28-20(29)14-16-6-5-7-18(12-16)24(25,26)27/h5-12,19H,13-14H2,1-4H3,(H,28,29)/t19-/m0/s1. The molecule has 1 N–H and O–H groups in total. The number of esters is 2. The van der Waals surface area contributed by atoms with E-state index in [0.29, 0.717) is 11.1 Å². The Morgan fingerprint density at radius 1 is 0.970 bits per heavy atom. The van der Waals surface area contributed by atoms with Crippen molar-refractivity contribution in [3.63, 3.8) is 0 Å². The van der Waals surface area contributed by atoms with Crippen LogP contribution in [0.2, 0.25) is 0 Å². The van der Waals surface area contributed by atoms with Gasteiger partial charge in [-0.15, -0.1) is 0 Å². The molecule has 0 saturated carbocycles. The monoisotopic (exact) mass is 465 g/mol. The molecule has 2 aromatic rings. The van der Waals surface area contributed by atoms with Crippen LogP contribution in [0, 0.1) is 0 Å². The Morgan fingerprint density at radius 2 is 1.61 bits per heavy atom. The van der Waals surface area contributed by atoms with E-state index in [1.807, 2.05) is 0 Å². The zero-order chi connectivity index (χ0) is 24.8. The van der Waals surface area contributed by atoms with Crippen molar-refractivity contribution >= 4 is 17.8 Å². The highest BCUT2D eigenvalue weighted by molar-refractivity contribution is 5.90. The maximum atomic E-state index is 12.9. The molecule has 1 amide bonds. The molecule has 0 heterocycles. The van der Waals surface area contributed by atoms with Crippen LogP contribution in [0.5, 0.6) is 0 Å². The molecule has 0 bridgehead atoms. The lowest BCUT2D eigenvalue weighted by atomic mass is 10.0. The molecule has 1 atom stereocenters. The molecule has 0 aliphatic heterocycles. The second kappa shape index (κ2) is 10.5. The van der Waals surface area contributed by atoms with Gasteiger partial charge in [0.2, 0.25) is 5.91 Å². The molecular weight excluding hydrogens is 439 g/mol. The number of halogens is 3. The summed E-state index contributed by atoms with van der Waals surface area (Å²) in [7, 11) is 1.17. The summed E-state index contributed by atoms with van der Waals surface area (Å²) in [5.41, 5.74) is -0.376. The molecule has 0 radical (unpaired) electrons. The maximum Gasteiger partial charge on any atom is 0.416 e. The third-order valence-electron chi connectivity index (χ3n) is 4.47. The van der Waals surface area contributed by atoms with Crippen molar-refractivity contribution in [2.45, 2.75) is 51.4 Å². The minimum Gasteiger partial charge on any atom is -0.467 e. The van der Waals surface area contributed by atoms with Gasteiger partial charge in [-0.3, -0.25) is 4.79 Å². The summed E-state index contributed by atoms with van der Waals surface area (Å²) in [6, 6.07) is 9.70. The van der Waals surface area contributed by atoms with Gasteiger partial charge in [0.15, 0.2) is 0 Å². The number of alkyl halides is 3. The van der Waals surface area contributed by atoms with Crippen molar-refractivity contribution in [1.82, 2.24) is 5.32 Å². The second-order valence-electron chi connectivity index (χ2n) is 8.42. The Hall–Kier alpha value is -3.36. The van der Waals surface area contributed by atoms with Crippen molar-refractivity contribution in [3.8, 4) is 0 Å². The van der Waals surface area contributed by atoms with E-state index in [1.54, 1.807) is 45.0 Å². The Morgan fingerprint density at radius 3 is 2.15 bits per heavy atom. The highest BCUT2D eigenvalue weighted by Gasteiger charge is 2.30. The van der Waals surface area contributed by atoms with Crippen LogP contribution in [0.4, 0.5) is 13.2 Å². The largest absolute Gasteiger partial charge is 0.467 e. The molecule has 2 rings (SSSR count). The van der Waals surface area contributed by atoms with Gasteiger partial charge >= 0.3 is 18.1 Å². The van der Waals surface area contributed by atoms with E-state index in [2.05, 4.69) is 5.32 Å². The highest BCUT2D eigenvalue weighted by Crippen LogP contribution is 2.29. The number of amides is 1. The van der Waals surface area contributed by atoms with E-state index < -0.39 is 41.2 Å². The lowest BCUT2D eigenvalue weighted by molar-refractivity contribution is -0.145. The van der Waals surface area contributed by atoms with Crippen LogP contribution in [0.3, 0.4) is 0 Å². The summed E-state index contributed by atoms with van der Waals surface area (Å²) in [5, 5.41) is 2.50. The average molecular weight is 465 g/mol. The summed E-state index contributed by atoms with van der Waals surface area (Å²) in [5.74, 6) is -1.83. The zero-order valence-electron chi connectivity index (χ0n) is 18.8. The number of rotatable bonds is 7. The van der Waals surface area contributed by atoms with Gasteiger partial charge in [0.05, 0.1) is 24.7 Å². The number of nitrogens with one attached hydrogen (secondary N) is 1. The molecule has 9 heteroatoms. The fourth-order valence-corrected chi connectivity index (χ4v) is 2.97.